The molecular formula is C15H15N5O4S2. The molecule has 136 valence electrons. The molecule has 1 aromatic carbocycles. The van der Waals surface area contributed by atoms with Crippen molar-refractivity contribution in [3.63, 3.8) is 0 Å². The van der Waals surface area contributed by atoms with Crippen molar-refractivity contribution in [3.05, 3.63) is 52.0 Å². The summed E-state index contributed by atoms with van der Waals surface area (Å²) in [7, 11) is -3.56. The summed E-state index contributed by atoms with van der Waals surface area (Å²) in [6.45, 7) is 1.19. The summed E-state index contributed by atoms with van der Waals surface area (Å²) >= 11 is 1.32. The SMILES string of the molecule is O=[N+]([O-])c1c(N2CCN(S(=O)(=O)c3ccccc3)CC2)nc2sccn12. The molecule has 3 aromatic rings. The number of hydrogen-bond acceptors (Lipinski definition) is 7. The first kappa shape index (κ1) is 16.9. The summed E-state index contributed by atoms with van der Waals surface area (Å²) < 4.78 is 28.2. The zero-order valence-electron chi connectivity index (χ0n) is 13.6. The first-order valence-electron chi connectivity index (χ1n) is 7.88. The minimum atomic E-state index is -3.56. The van der Waals surface area contributed by atoms with Gasteiger partial charge in [0.2, 0.25) is 15.8 Å². The number of imidazole rings is 1. The first-order chi connectivity index (χ1) is 12.5. The van der Waals surface area contributed by atoms with Gasteiger partial charge < -0.3 is 15.0 Å². The zero-order valence-corrected chi connectivity index (χ0v) is 15.2. The molecule has 0 amide bonds. The Kier molecular flexibility index (Phi) is 4.13. The smallest absolute Gasteiger partial charge is 0.358 e. The number of rotatable bonds is 4. The van der Waals surface area contributed by atoms with Crippen molar-refractivity contribution < 1.29 is 13.3 Å². The van der Waals surface area contributed by atoms with E-state index in [4.69, 9.17) is 0 Å². The Morgan fingerprint density at radius 1 is 1.12 bits per heavy atom. The molecule has 9 nitrogen and oxygen atoms in total. The maximum absolute atomic E-state index is 12.7. The van der Waals surface area contributed by atoms with Crippen LogP contribution < -0.4 is 4.90 Å². The van der Waals surface area contributed by atoms with E-state index in [0.717, 1.165) is 0 Å². The minimum absolute atomic E-state index is 0.0828. The second kappa shape index (κ2) is 6.34. The van der Waals surface area contributed by atoms with Crippen molar-refractivity contribution in [1.82, 2.24) is 13.7 Å². The lowest BCUT2D eigenvalue weighted by atomic mass is 10.3. The van der Waals surface area contributed by atoms with Gasteiger partial charge in [0, 0.05) is 31.6 Å². The molecule has 0 radical (unpaired) electrons. The molecule has 26 heavy (non-hydrogen) atoms. The van der Waals surface area contributed by atoms with Crippen LogP contribution in [-0.2, 0) is 10.0 Å². The molecule has 0 bridgehead atoms. The minimum Gasteiger partial charge on any atom is -0.358 e. The van der Waals surface area contributed by atoms with Gasteiger partial charge in [-0.1, -0.05) is 29.5 Å². The van der Waals surface area contributed by atoms with Crippen LogP contribution in [0.5, 0.6) is 0 Å². The van der Waals surface area contributed by atoms with Gasteiger partial charge in [-0.3, -0.25) is 0 Å². The van der Waals surface area contributed by atoms with E-state index in [-0.39, 0.29) is 23.8 Å². The molecule has 1 fully saturated rings. The van der Waals surface area contributed by atoms with Crippen LogP contribution in [0, 0.1) is 10.1 Å². The summed E-state index contributed by atoms with van der Waals surface area (Å²) in [5.41, 5.74) is 0. The normalized spacial score (nSPS) is 16.2. The monoisotopic (exact) mass is 393 g/mol. The lowest BCUT2D eigenvalue weighted by Gasteiger charge is -2.33. The van der Waals surface area contributed by atoms with Crippen molar-refractivity contribution in [2.75, 3.05) is 31.1 Å². The van der Waals surface area contributed by atoms with E-state index in [0.29, 0.717) is 23.9 Å². The average molecular weight is 393 g/mol. The number of benzene rings is 1. The Bertz CT molecular complexity index is 1050. The standard InChI is InChI=1S/C15H15N5O4S2/c21-20(22)14-13(16-15-19(14)10-11-25-15)17-6-8-18(9-7-17)26(23,24)12-4-2-1-3-5-12/h1-5,10-11H,6-9H2. The predicted octanol–water partition coefficient (Wildman–Crippen LogP) is 1.81. The van der Waals surface area contributed by atoms with Gasteiger partial charge in [0.15, 0.2) is 0 Å². The predicted molar refractivity (Wildman–Crippen MR) is 97.1 cm³/mol. The van der Waals surface area contributed by atoms with Crippen molar-refractivity contribution in [1.29, 1.82) is 0 Å². The number of anilines is 1. The van der Waals surface area contributed by atoms with Crippen molar-refractivity contribution >= 4 is 38.0 Å². The average Bonchev–Trinajstić information content (AvgIpc) is 3.23. The van der Waals surface area contributed by atoms with E-state index >= 15 is 0 Å². The summed E-state index contributed by atoms with van der Waals surface area (Å²) in [5.74, 6) is 0.208. The van der Waals surface area contributed by atoms with Gasteiger partial charge in [-0.2, -0.15) is 13.7 Å². The Labute approximate surface area is 153 Å². The fourth-order valence-corrected chi connectivity index (χ4v) is 5.17. The quantitative estimate of drug-likeness (QED) is 0.495. The molecule has 0 unspecified atom stereocenters. The van der Waals surface area contributed by atoms with Gasteiger partial charge in [0.1, 0.15) is 6.20 Å². The molecule has 1 aliphatic heterocycles. The summed E-state index contributed by atoms with van der Waals surface area (Å²) in [5, 5.41) is 13.2. The topological polar surface area (TPSA) is 101 Å². The lowest BCUT2D eigenvalue weighted by Crippen LogP contribution is -2.48. The van der Waals surface area contributed by atoms with Crippen LogP contribution in [0.1, 0.15) is 0 Å². The number of nitrogens with zero attached hydrogens (tertiary/aromatic N) is 5. The van der Waals surface area contributed by atoms with Crippen LogP contribution in [0.2, 0.25) is 0 Å². The van der Waals surface area contributed by atoms with Crippen molar-refractivity contribution in [3.8, 4) is 0 Å². The van der Waals surface area contributed by atoms with Gasteiger partial charge in [-0.15, -0.1) is 0 Å². The number of fused-ring (bicyclic) bond motifs is 1. The maximum atomic E-state index is 12.7. The molecule has 0 N–H and O–H groups in total. The van der Waals surface area contributed by atoms with E-state index in [2.05, 4.69) is 4.98 Å². The molecule has 1 aliphatic rings. The fourth-order valence-electron chi connectivity index (χ4n) is 3.03. The molecule has 0 saturated carbocycles. The molecule has 2 aromatic heterocycles. The highest BCUT2D eigenvalue weighted by Gasteiger charge is 2.33. The number of hydrogen-bond donors (Lipinski definition) is 0. The van der Waals surface area contributed by atoms with E-state index in [1.165, 1.54) is 20.0 Å². The summed E-state index contributed by atoms with van der Waals surface area (Å²) in [6, 6.07) is 8.27. The highest BCUT2D eigenvalue weighted by Crippen LogP contribution is 2.32. The Morgan fingerprint density at radius 2 is 1.81 bits per heavy atom. The third-order valence-electron chi connectivity index (χ3n) is 4.31. The lowest BCUT2D eigenvalue weighted by molar-refractivity contribution is -0.389. The highest BCUT2D eigenvalue weighted by molar-refractivity contribution is 7.89. The first-order valence-corrected chi connectivity index (χ1v) is 10.2. The maximum Gasteiger partial charge on any atom is 0.373 e. The zero-order chi connectivity index (χ0) is 18.3. The molecule has 0 atom stereocenters. The molecular weight excluding hydrogens is 378 g/mol. The molecule has 0 spiro atoms. The Hall–Kier alpha value is -2.50. The second-order valence-corrected chi connectivity index (χ2v) is 8.59. The largest absolute Gasteiger partial charge is 0.373 e. The van der Waals surface area contributed by atoms with Gasteiger partial charge in [-0.05, 0) is 17.1 Å². The van der Waals surface area contributed by atoms with Crippen LogP contribution in [0.25, 0.3) is 4.96 Å². The fraction of sp³-hybridized carbons (Fsp3) is 0.267. The highest BCUT2D eigenvalue weighted by atomic mass is 32.2. The van der Waals surface area contributed by atoms with E-state index in [9.17, 15) is 18.5 Å². The molecule has 11 heteroatoms. The van der Waals surface area contributed by atoms with Crippen LogP contribution in [0.3, 0.4) is 0 Å². The third kappa shape index (κ3) is 2.73. The van der Waals surface area contributed by atoms with Crippen LogP contribution in [0.15, 0.2) is 46.8 Å². The molecule has 1 saturated heterocycles. The van der Waals surface area contributed by atoms with Gasteiger partial charge >= 0.3 is 5.82 Å². The summed E-state index contributed by atoms with van der Waals surface area (Å²) in [4.78, 5) is 17.9. The molecule has 3 heterocycles. The number of aromatic nitrogens is 2. The van der Waals surface area contributed by atoms with E-state index < -0.39 is 14.9 Å². The van der Waals surface area contributed by atoms with Gasteiger partial charge in [0.25, 0.3) is 4.96 Å². The number of thiazole rings is 1. The van der Waals surface area contributed by atoms with E-state index in [1.54, 1.807) is 46.8 Å². The second-order valence-electron chi connectivity index (χ2n) is 5.78. The number of sulfonamides is 1. The Balaban J connectivity index is 1.57. The number of piperazine rings is 1. The number of nitro groups is 1. The van der Waals surface area contributed by atoms with Crippen LogP contribution in [0.4, 0.5) is 11.6 Å². The summed E-state index contributed by atoms with van der Waals surface area (Å²) in [6.07, 6.45) is 1.62. The third-order valence-corrected chi connectivity index (χ3v) is 6.98. The van der Waals surface area contributed by atoms with Gasteiger partial charge in [0.05, 0.1) is 4.90 Å². The van der Waals surface area contributed by atoms with Crippen LogP contribution >= 0.6 is 11.3 Å². The Morgan fingerprint density at radius 3 is 2.46 bits per heavy atom. The van der Waals surface area contributed by atoms with Gasteiger partial charge in [-0.25, -0.2) is 8.42 Å². The van der Waals surface area contributed by atoms with E-state index in [1.807, 2.05) is 0 Å². The molecule has 4 rings (SSSR count). The van der Waals surface area contributed by atoms with Crippen LogP contribution in [-0.4, -0.2) is 53.2 Å². The molecule has 0 aliphatic carbocycles. The van der Waals surface area contributed by atoms with Crippen molar-refractivity contribution in [2.45, 2.75) is 4.90 Å². The van der Waals surface area contributed by atoms with Crippen molar-refractivity contribution in [2.24, 2.45) is 0 Å².